The molecule has 0 fully saturated rings. The number of benzene rings is 1. The van der Waals surface area contributed by atoms with Gasteiger partial charge in [-0.05, 0) is 64.7 Å². The highest BCUT2D eigenvalue weighted by molar-refractivity contribution is 7.80. The number of hydrogen-bond donors (Lipinski definition) is 3. The first-order valence-corrected chi connectivity index (χ1v) is 11.7. The highest BCUT2D eigenvalue weighted by Gasteiger charge is 2.35. The molecule has 0 spiro atoms. The van der Waals surface area contributed by atoms with Crippen LogP contribution in [-0.4, -0.2) is 53.3 Å². The second-order valence-electron chi connectivity index (χ2n) is 9.24. The molecule has 0 bridgehead atoms. The molecule has 8 heteroatoms. The van der Waals surface area contributed by atoms with Crippen molar-refractivity contribution in [2.75, 3.05) is 12.8 Å². The Labute approximate surface area is 198 Å². The summed E-state index contributed by atoms with van der Waals surface area (Å²) in [5.41, 5.74) is 1.90. The molecule has 1 aromatic rings. The van der Waals surface area contributed by atoms with Crippen molar-refractivity contribution in [2.24, 2.45) is 0 Å². The summed E-state index contributed by atoms with van der Waals surface area (Å²) in [6.45, 7) is 13.1. The van der Waals surface area contributed by atoms with Crippen molar-refractivity contribution in [1.82, 2.24) is 15.5 Å². The van der Waals surface area contributed by atoms with E-state index in [1.807, 2.05) is 39.0 Å². The Hall–Kier alpha value is -2.22. The highest BCUT2D eigenvalue weighted by atomic mass is 32.1. The normalized spacial score (nSPS) is 14.2. The SMILES string of the molecule is CCCC(C)NC(=O)C(c1c(C)cccc1C)N(C)C(=O)C(CS)NC(=O)OC(C)(C)C. The van der Waals surface area contributed by atoms with Crippen LogP contribution in [0.5, 0.6) is 0 Å². The maximum absolute atomic E-state index is 13.4. The van der Waals surface area contributed by atoms with Crippen molar-refractivity contribution in [3.8, 4) is 0 Å². The Balaban J connectivity index is 3.26. The number of ether oxygens (including phenoxy) is 1. The Morgan fingerprint density at radius 1 is 1.12 bits per heavy atom. The highest BCUT2D eigenvalue weighted by Crippen LogP contribution is 2.27. The van der Waals surface area contributed by atoms with Gasteiger partial charge in [0.2, 0.25) is 11.8 Å². The van der Waals surface area contributed by atoms with Crippen LogP contribution < -0.4 is 10.6 Å². The molecule has 0 aliphatic rings. The topological polar surface area (TPSA) is 87.7 Å². The van der Waals surface area contributed by atoms with Crippen LogP contribution in [0.2, 0.25) is 0 Å². The molecule has 0 saturated heterocycles. The first kappa shape index (κ1) is 27.8. The van der Waals surface area contributed by atoms with E-state index >= 15 is 0 Å². The van der Waals surface area contributed by atoms with E-state index in [4.69, 9.17) is 4.74 Å². The molecule has 2 N–H and O–H groups in total. The summed E-state index contributed by atoms with van der Waals surface area (Å²) in [5.74, 6) is -0.610. The summed E-state index contributed by atoms with van der Waals surface area (Å²) in [5, 5.41) is 5.61. The summed E-state index contributed by atoms with van der Waals surface area (Å²) >= 11 is 4.25. The van der Waals surface area contributed by atoms with Crippen LogP contribution in [-0.2, 0) is 14.3 Å². The third kappa shape index (κ3) is 8.04. The molecule has 3 unspecified atom stereocenters. The van der Waals surface area contributed by atoms with E-state index in [1.165, 1.54) is 4.90 Å². The molecule has 0 heterocycles. The van der Waals surface area contributed by atoms with E-state index in [0.29, 0.717) is 0 Å². The predicted molar refractivity (Wildman–Crippen MR) is 131 cm³/mol. The van der Waals surface area contributed by atoms with E-state index in [9.17, 15) is 14.4 Å². The molecule has 0 saturated carbocycles. The second-order valence-corrected chi connectivity index (χ2v) is 9.60. The molecule has 32 heavy (non-hydrogen) atoms. The van der Waals surface area contributed by atoms with Gasteiger partial charge in [-0.25, -0.2) is 4.79 Å². The quantitative estimate of drug-likeness (QED) is 0.482. The van der Waals surface area contributed by atoms with Crippen molar-refractivity contribution in [1.29, 1.82) is 0 Å². The van der Waals surface area contributed by atoms with Crippen molar-refractivity contribution in [2.45, 2.75) is 85.0 Å². The van der Waals surface area contributed by atoms with Crippen LogP contribution in [0, 0.1) is 13.8 Å². The number of thiol groups is 1. The van der Waals surface area contributed by atoms with Gasteiger partial charge in [-0.2, -0.15) is 12.6 Å². The number of nitrogens with one attached hydrogen (secondary N) is 2. The summed E-state index contributed by atoms with van der Waals surface area (Å²) in [6, 6.07) is 3.96. The van der Waals surface area contributed by atoms with Gasteiger partial charge in [0.25, 0.3) is 0 Å². The minimum Gasteiger partial charge on any atom is -0.444 e. The minimum absolute atomic E-state index is 0.0246. The molecule has 3 amide bonds. The molecule has 0 radical (unpaired) electrons. The number of amides is 3. The Kier molecular flexibility index (Phi) is 10.5. The fraction of sp³-hybridized carbons (Fsp3) is 0.625. The second kappa shape index (κ2) is 12.1. The molecule has 0 aromatic heterocycles. The van der Waals surface area contributed by atoms with Gasteiger partial charge in [0, 0.05) is 18.8 Å². The zero-order valence-corrected chi connectivity index (χ0v) is 21.5. The third-order valence-electron chi connectivity index (χ3n) is 5.08. The molecule has 180 valence electrons. The van der Waals surface area contributed by atoms with Crippen LogP contribution >= 0.6 is 12.6 Å². The van der Waals surface area contributed by atoms with Gasteiger partial charge < -0.3 is 20.3 Å². The number of carbonyl (C=O) groups excluding carboxylic acids is 3. The lowest BCUT2D eigenvalue weighted by Crippen LogP contribution is -2.53. The predicted octanol–water partition coefficient (Wildman–Crippen LogP) is 3.93. The van der Waals surface area contributed by atoms with Gasteiger partial charge in [0.05, 0.1) is 0 Å². The maximum atomic E-state index is 13.4. The lowest BCUT2D eigenvalue weighted by Gasteiger charge is -2.33. The largest absolute Gasteiger partial charge is 0.444 e. The van der Waals surface area contributed by atoms with Crippen LogP contribution in [0.1, 0.15) is 70.2 Å². The fourth-order valence-electron chi connectivity index (χ4n) is 3.59. The van der Waals surface area contributed by atoms with Gasteiger partial charge in [0.15, 0.2) is 0 Å². The van der Waals surface area contributed by atoms with Gasteiger partial charge in [-0.15, -0.1) is 0 Å². The summed E-state index contributed by atoms with van der Waals surface area (Å²) in [7, 11) is 1.58. The lowest BCUT2D eigenvalue weighted by molar-refractivity contribution is -0.140. The number of rotatable bonds is 9. The third-order valence-corrected chi connectivity index (χ3v) is 5.45. The lowest BCUT2D eigenvalue weighted by atomic mass is 9.94. The minimum atomic E-state index is -0.939. The van der Waals surface area contributed by atoms with Crippen molar-refractivity contribution in [3.05, 3.63) is 34.9 Å². The van der Waals surface area contributed by atoms with E-state index in [2.05, 4.69) is 30.2 Å². The zero-order chi connectivity index (χ0) is 24.6. The zero-order valence-electron chi connectivity index (χ0n) is 20.6. The van der Waals surface area contributed by atoms with Crippen LogP contribution in [0.15, 0.2) is 18.2 Å². The standard InChI is InChI=1S/C24H39N3O4S/c1-9-11-17(4)25-21(28)20(19-15(2)12-10-13-16(19)3)27(8)22(29)18(14-32)26-23(30)31-24(5,6)7/h10,12-13,17-18,20,32H,9,11,14H2,1-8H3,(H,25,28)(H,26,30). The van der Waals surface area contributed by atoms with Crippen LogP contribution in [0.25, 0.3) is 0 Å². The van der Waals surface area contributed by atoms with Crippen LogP contribution in [0.3, 0.4) is 0 Å². The molecule has 7 nitrogen and oxygen atoms in total. The smallest absolute Gasteiger partial charge is 0.408 e. The Morgan fingerprint density at radius 2 is 1.69 bits per heavy atom. The van der Waals surface area contributed by atoms with Crippen molar-refractivity contribution >= 4 is 30.5 Å². The first-order valence-electron chi connectivity index (χ1n) is 11.1. The van der Waals surface area contributed by atoms with Gasteiger partial charge in [-0.1, -0.05) is 31.5 Å². The van der Waals surface area contributed by atoms with Crippen molar-refractivity contribution in [3.63, 3.8) is 0 Å². The summed E-state index contributed by atoms with van der Waals surface area (Å²) < 4.78 is 5.28. The molecule has 0 aliphatic heterocycles. The Morgan fingerprint density at radius 3 is 2.16 bits per heavy atom. The Bertz CT molecular complexity index is 787. The molecule has 0 aliphatic carbocycles. The van der Waals surface area contributed by atoms with Crippen LogP contribution in [0.4, 0.5) is 4.79 Å². The number of alkyl carbamates (subject to hydrolysis) is 1. The molecule has 1 aromatic carbocycles. The molecular formula is C24H39N3O4S. The summed E-state index contributed by atoms with van der Waals surface area (Å²) in [6.07, 6.45) is 1.07. The average molecular weight is 466 g/mol. The van der Waals surface area contributed by atoms with E-state index in [-0.39, 0.29) is 17.7 Å². The summed E-state index contributed by atoms with van der Waals surface area (Å²) in [4.78, 5) is 40.3. The first-order chi connectivity index (χ1) is 14.8. The van der Waals surface area contributed by atoms with Gasteiger partial charge in [0.1, 0.15) is 17.7 Å². The average Bonchev–Trinajstić information content (AvgIpc) is 2.66. The van der Waals surface area contributed by atoms with Crippen molar-refractivity contribution < 1.29 is 19.1 Å². The number of carbonyl (C=O) groups is 3. The van der Waals surface area contributed by atoms with E-state index in [0.717, 1.165) is 29.5 Å². The molecular weight excluding hydrogens is 426 g/mol. The van der Waals surface area contributed by atoms with Gasteiger partial charge in [-0.3, -0.25) is 9.59 Å². The monoisotopic (exact) mass is 465 g/mol. The van der Waals surface area contributed by atoms with E-state index in [1.54, 1.807) is 27.8 Å². The number of hydrogen-bond acceptors (Lipinski definition) is 5. The number of nitrogens with zero attached hydrogens (tertiary/aromatic N) is 1. The number of aryl methyl sites for hydroxylation is 2. The van der Waals surface area contributed by atoms with Gasteiger partial charge >= 0.3 is 6.09 Å². The maximum Gasteiger partial charge on any atom is 0.408 e. The number of likely N-dealkylation sites (N-methyl/N-ethyl adjacent to an activating group) is 1. The molecule has 1 rings (SSSR count). The molecule has 3 atom stereocenters. The van der Waals surface area contributed by atoms with E-state index < -0.39 is 29.7 Å². The fourth-order valence-corrected chi connectivity index (χ4v) is 3.84.